The van der Waals surface area contributed by atoms with E-state index in [4.69, 9.17) is 4.74 Å². The van der Waals surface area contributed by atoms with Crippen LogP contribution in [0.5, 0.6) is 0 Å². The minimum Gasteiger partial charge on any atom is -0.370 e. The summed E-state index contributed by atoms with van der Waals surface area (Å²) in [5, 5.41) is 3.44. The molecule has 1 N–H and O–H groups in total. The molecule has 2 saturated heterocycles. The SMILES string of the molecule is CC1CN(CCC2CCNCC2)CC(C)(C)O1. The topological polar surface area (TPSA) is 24.5 Å². The molecular weight excluding hydrogens is 212 g/mol. The van der Waals surface area contributed by atoms with Crippen LogP contribution in [0.1, 0.15) is 40.0 Å². The molecule has 1 atom stereocenters. The Morgan fingerprint density at radius 2 is 2.00 bits per heavy atom. The van der Waals surface area contributed by atoms with Gasteiger partial charge in [-0.05, 0) is 65.6 Å². The fourth-order valence-corrected chi connectivity index (χ4v) is 3.29. The van der Waals surface area contributed by atoms with Crippen LogP contribution in [-0.4, -0.2) is 49.3 Å². The fraction of sp³-hybridized carbons (Fsp3) is 1.00. The van der Waals surface area contributed by atoms with Gasteiger partial charge in [0.1, 0.15) is 0 Å². The molecule has 2 fully saturated rings. The molecule has 0 saturated carbocycles. The molecule has 0 bridgehead atoms. The second-order valence-corrected chi connectivity index (χ2v) is 6.41. The standard InChI is InChI=1S/C14H28N2O/c1-12-10-16(11-14(2,3)17-12)9-6-13-4-7-15-8-5-13/h12-13,15H,4-11H2,1-3H3. The largest absolute Gasteiger partial charge is 0.370 e. The molecule has 2 aliphatic rings. The zero-order chi connectivity index (χ0) is 12.3. The lowest BCUT2D eigenvalue weighted by molar-refractivity contribution is -0.129. The first-order valence-corrected chi connectivity index (χ1v) is 7.16. The van der Waals surface area contributed by atoms with Crippen molar-refractivity contribution in [2.75, 3.05) is 32.7 Å². The summed E-state index contributed by atoms with van der Waals surface area (Å²) in [6, 6.07) is 0. The Morgan fingerprint density at radius 1 is 1.29 bits per heavy atom. The van der Waals surface area contributed by atoms with Gasteiger partial charge in [-0.15, -0.1) is 0 Å². The van der Waals surface area contributed by atoms with Gasteiger partial charge >= 0.3 is 0 Å². The van der Waals surface area contributed by atoms with Gasteiger partial charge in [-0.1, -0.05) is 0 Å². The second kappa shape index (κ2) is 5.68. The van der Waals surface area contributed by atoms with Gasteiger partial charge in [-0.3, -0.25) is 4.90 Å². The van der Waals surface area contributed by atoms with E-state index >= 15 is 0 Å². The van der Waals surface area contributed by atoms with Crippen LogP contribution >= 0.6 is 0 Å². The first-order chi connectivity index (χ1) is 8.05. The molecule has 2 heterocycles. The number of hydrogen-bond acceptors (Lipinski definition) is 3. The number of piperidine rings is 1. The summed E-state index contributed by atoms with van der Waals surface area (Å²) in [6.07, 6.45) is 4.48. The van der Waals surface area contributed by atoms with Crippen molar-refractivity contribution in [3.8, 4) is 0 Å². The highest BCUT2D eigenvalue weighted by Gasteiger charge is 2.31. The van der Waals surface area contributed by atoms with Gasteiger partial charge in [-0.25, -0.2) is 0 Å². The lowest BCUT2D eigenvalue weighted by atomic mass is 9.94. The van der Waals surface area contributed by atoms with Crippen molar-refractivity contribution in [1.82, 2.24) is 10.2 Å². The zero-order valence-electron chi connectivity index (χ0n) is 11.7. The van der Waals surface area contributed by atoms with Crippen LogP contribution in [0.4, 0.5) is 0 Å². The summed E-state index contributed by atoms with van der Waals surface area (Å²) in [5.74, 6) is 0.942. The molecule has 2 aliphatic heterocycles. The van der Waals surface area contributed by atoms with Crippen molar-refractivity contribution in [3.63, 3.8) is 0 Å². The summed E-state index contributed by atoms with van der Waals surface area (Å²) >= 11 is 0. The number of nitrogens with zero attached hydrogens (tertiary/aromatic N) is 1. The average molecular weight is 240 g/mol. The molecule has 3 heteroatoms. The van der Waals surface area contributed by atoms with Crippen molar-refractivity contribution in [2.24, 2.45) is 5.92 Å². The number of nitrogens with one attached hydrogen (secondary N) is 1. The first-order valence-electron chi connectivity index (χ1n) is 7.16. The molecule has 0 radical (unpaired) electrons. The predicted molar refractivity (Wildman–Crippen MR) is 71.3 cm³/mol. The van der Waals surface area contributed by atoms with E-state index in [-0.39, 0.29) is 5.60 Å². The van der Waals surface area contributed by atoms with Crippen LogP contribution < -0.4 is 5.32 Å². The van der Waals surface area contributed by atoms with E-state index in [9.17, 15) is 0 Å². The highest BCUT2D eigenvalue weighted by atomic mass is 16.5. The van der Waals surface area contributed by atoms with Gasteiger partial charge in [0.15, 0.2) is 0 Å². The van der Waals surface area contributed by atoms with Gasteiger partial charge in [0, 0.05) is 13.1 Å². The van der Waals surface area contributed by atoms with Crippen LogP contribution in [0, 0.1) is 5.92 Å². The third-order valence-electron chi connectivity index (χ3n) is 3.95. The van der Waals surface area contributed by atoms with Crippen LogP contribution in [0.25, 0.3) is 0 Å². The highest BCUT2D eigenvalue weighted by molar-refractivity contribution is 4.83. The van der Waals surface area contributed by atoms with Gasteiger partial charge < -0.3 is 10.1 Å². The summed E-state index contributed by atoms with van der Waals surface area (Å²) < 4.78 is 5.94. The van der Waals surface area contributed by atoms with Crippen molar-refractivity contribution in [1.29, 1.82) is 0 Å². The third-order valence-corrected chi connectivity index (χ3v) is 3.95. The molecule has 0 aromatic rings. The van der Waals surface area contributed by atoms with Crippen molar-refractivity contribution in [3.05, 3.63) is 0 Å². The lowest BCUT2D eigenvalue weighted by Gasteiger charge is -2.42. The maximum absolute atomic E-state index is 5.94. The normalized spacial score (nSPS) is 31.6. The van der Waals surface area contributed by atoms with Crippen LogP contribution in [-0.2, 0) is 4.74 Å². The Labute approximate surface area is 106 Å². The molecule has 0 aliphatic carbocycles. The lowest BCUT2D eigenvalue weighted by Crippen LogP contribution is -2.52. The smallest absolute Gasteiger partial charge is 0.0757 e. The summed E-state index contributed by atoms with van der Waals surface area (Å²) in [5.41, 5.74) is 0.0335. The van der Waals surface area contributed by atoms with Crippen molar-refractivity contribution in [2.45, 2.75) is 51.7 Å². The Kier molecular flexibility index (Phi) is 4.45. The number of hydrogen-bond donors (Lipinski definition) is 1. The molecule has 1 unspecified atom stereocenters. The molecule has 0 aromatic heterocycles. The fourth-order valence-electron chi connectivity index (χ4n) is 3.29. The van der Waals surface area contributed by atoms with E-state index in [1.165, 1.54) is 38.9 Å². The Hall–Kier alpha value is -0.120. The van der Waals surface area contributed by atoms with Crippen LogP contribution in [0.2, 0.25) is 0 Å². The first kappa shape index (κ1) is 13.3. The van der Waals surface area contributed by atoms with Gasteiger partial charge in [0.05, 0.1) is 11.7 Å². The van der Waals surface area contributed by atoms with E-state index in [1.54, 1.807) is 0 Å². The monoisotopic (exact) mass is 240 g/mol. The van der Waals surface area contributed by atoms with E-state index in [1.807, 2.05) is 0 Å². The molecule has 100 valence electrons. The predicted octanol–water partition coefficient (Wildman–Crippen LogP) is 1.88. The Morgan fingerprint density at radius 3 is 2.65 bits per heavy atom. The average Bonchev–Trinajstić information content (AvgIpc) is 2.25. The van der Waals surface area contributed by atoms with E-state index in [0.29, 0.717) is 6.10 Å². The molecule has 2 rings (SSSR count). The molecule has 17 heavy (non-hydrogen) atoms. The van der Waals surface area contributed by atoms with E-state index in [0.717, 1.165) is 19.0 Å². The quantitative estimate of drug-likeness (QED) is 0.815. The minimum absolute atomic E-state index is 0.0335. The Bertz CT molecular complexity index is 236. The third kappa shape index (κ3) is 4.23. The zero-order valence-corrected chi connectivity index (χ0v) is 11.7. The molecule has 0 amide bonds. The summed E-state index contributed by atoms with van der Waals surface area (Å²) in [6.45, 7) is 12.5. The second-order valence-electron chi connectivity index (χ2n) is 6.41. The number of ether oxygens (including phenoxy) is 1. The Balaban J connectivity index is 1.74. The molecular formula is C14H28N2O. The van der Waals surface area contributed by atoms with Crippen molar-refractivity contribution >= 4 is 0 Å². The molecule has 3 nitrogen and oxygen atoms in total. The van der Waals surface area contributed by atoms with Gasteiger partial charge in [0.2, 0.25) is 0 Å². The van der Waals surface area contributed by atoms with Gasteiger partial charge in [0.25, 0.3) is 0 Å². The molecule has 0 spiro atoms. The van der Waals surface area contributed by atoms with E-state index in [2.05, 4.69) is 31.0 Å². The maximum Gasteiger partial charge on any atom is 0.0757 e. The number of morpholine rings is 1. The highest BCUT2D eigenvalue weighted by Crippen LogP contribution is 2.23. The maximum atomic E-state index is 5.94. The summed E-state index contributed by atoms with van der Waals surface area (Å²) in [7, 11) is 0. The summed E-state index contributed by atoms with van der Waals surface area (Å²) in [4.78, 5) is 2.59. The van der Waals surface area contributed by atoms with E-state index < -0.39 is 0 Å². The van der Waals surface area contributed by atoms with Gasteiger partial charge in [-0.2, -0.15) is 0 Å². The van der Waals surface area contributed by atoms with Crippen LogP contribution in [0.3, 0.4) is 0 Å². The number of rotatable bonds is 3. The van der Waals surface area contributed by atoms with Crippen molar-refractivity contribution < 1.29 is 4.74 Å². The molecule has 0 aromatic carbocycles. The van der Waals surface area contributed by atoms with Crippen LogP contribution in [0.15, 0.2) is 0 Å². The minimum atomic E-state index is 0.0335.